The molecule has 3 N–H and O–H groups in total. The summed E-state index contributed by atoms with van der Waals surface area (Å²) in [6.07, 6.45) is 16.7. The number of carbonyl (C=O) groups is 2. The second-order valence-corrected chi connectivity index (χ2v) is 7.58. The minimum atomic E-state index is -1.09. The van der Waals surface area contributed by atoms with Crippen molar-refractivity contribution in [3.8, 4) is 0 Å². The molecule has 0 saturated heterocycles. The predicted molar refractivity (Wildman–Crippen MR) is 116 cm³/mol. The summed E-state index contributed by atoms with van der Waals surface area (Å²) in [5, 5.41) is 8.87. The summed E-state index contributed by atoms with van der Waals surface area (Å²) in [5.74, 6) is -1.09. The van der Waals surface area contributed by atoms with Gasteiger partial charge in [0, 0.05) is 18.8 Å². The zero-order valence-electron chi connectivity index (χ0n) is 17.6. The maximum atomic E-state index is 11.7. The third kappa shape index (κ3) is 11.4. The third-order valence-corrected chi connectivity index (χ3v) is 5.09. The number of aromatic nitrogens is 1. The molecule has 7 nitrogen and oxygen atoms in total. The first-order chi connectivity index (χ1) is 14.1. The Labute approximate surface area is 173 Å². The molecule has 0 unspecified atom stereocenters. The second kappa shape index (κ2) is 15.7. The van der Waals surface area contributed by atoms with Crippen molar-refractivity contribution in [3.63, 3.8) is 0 Å². The number of hydrogen-bond donors (Lipinski definition) is 2. The second-order valence-electron chi connectivity index (χ2n) is 7.58. The molecule has 1 heterocycles. The van der Waals surface area contributed by atoms with Crippen molar-refractivity contribution in [1.82, 2.24) is 4.57 Å². The summed E-state index contributed by atoms with van der Waals surface area (Å²) in [6.45, 7) is 0.965. The number of unbranched alkanes of at least 4 members (excludes halogenated alkanes) is 11. The lowest BCUT2D eigenvalue weighted by Crippen LogP contribution is -2.27. The number of anilines is 1. The maximum absolute atomic E-state index is 11.7. The van der Waals surface area contributed by atoms with Gasteiger partial charge in [-0.25, -0.2) is 0 Å². The molecule has 0 saturated carbocycles. The van der Waals surface area contributed by atoms with Crippen LogP contribution in [0.5, 0.6) is 0 Å². The lowest BCUT2D eigenvalue weighted by molar-refractivity contribution is -0.137. The molecule has 0 aromatic carbocycles. The van der Waals surface area contributed by atoms with E-state index >= 15 is 0 Å². The zero-order chi connectivity index (χ0) is 21.3. The Morgan fingerprint density at radius 1 is 0.931 bits per heavy atom. The molecule has 0 aliphatic heterocycles. The number of rotatable bonds is 18. The van der Waals surface area contributed by atoms with Crippen LogP contribution in [-0.2, 0) is 16.1 Å². The lowest BCUT2D eigenvalue weighted by Gasteiger charge is -2.18. The Hall–Kier alpha value is -2.15. The van der Waals surface area contributed by atoms with E-state index in [2.05, 4.69) is 0 Å². The standard InChI is InChI=1S/C22H37N3O4/c23-15-11-9-7-5-3-1-2-4-6-8-10-12-16-24(19-26)20-13-14-21(27)25(17-20)18-22(28)29/h13-14,17,19H,1-12,15-16,18,23H2,(H,28,29). The summed E-state index contributed by atoms with van der Waals surface area (Å²) < 4.78 is 1.10. The Morgan fingerprint density at radius 2 is 1.45 bits per heavy atom. The molecule has 0 radical (unpaired) electrons. The predicted octanol–water partition coefficient (Wildman–Crippen LogP) is 3.54. The summed E-state index contributed by atoms with van der Waals surface area (Å²) in [4.78, 5) is 35.4. The van der Waals surface area contributed by atoms with E-state index in [1.807, 2.05) is 0 Å². The van der Waals surface area contributed by atoms with E-state index in [9.17, 15) is 14.4 Å². The molecule has 0 fully saturated rings. The van der Waals surface area contributed by atoms with Crippen molar-refractivity contribution in [1.29, 1.82) is 0 Å². The smallest absolute Gasteiger partial charge is 0.323 e. The highest BCUT2D eigenvalue weighted by atomic mass is 16.4. The largest absolute Gasteiger partial charge is 0.480 e. The van der Waals surface area contributed by atoms with Gasteiger partial charge in [0.15, 0.2) is 0 Å². The maximum Gasteiger partial charge on any atom is 0.323 e. The molecule has 1 aromatic rings. The van der Waals surface area contributed by atoms with Gasteiger partial charge in [0.05, 0.1) is 5.69 Å². The molecular formula is C22H37N3O4. The van der Waals surface area contributed by atoms with Crippen molar-refractivity contribution >= 4 is 18.1 Å². The minimum absolute atomic E-state index is 0.391. The molecule has 164 valence electrons. The van der Waals surface area contributed by atoms with E-state index in [4.69, 9.17) is 10.8 Å². The fraction of sp³-hybridized carbons (Fsp3) is 0.682. The summed E-state index contributed by atoms with van der Waals surface area (Å²) >= 11 is 0. The van der Waals surface area contributed by atoms with Crippen LogP contribution < -0.4 is 16.2 Å². The molecule has 1 amide bonds. The Kier molecular flexibility index (Phi) is 13.5. The molecular weight excluding hydrogens is 370 g/mol. The lowest BCUT2D eigenvalue weighted by atomic mass is 10.1. The quantitative estimate of drug-likeness (QED) is 0.286. The van der Waals surface area contributed by atoms with Gasteiger partial charge in [-0.3, -0.25) is 14.4 Å². The Balaban J connectivity index is 2.16. The van der Waals surface area contributed by atoms with Crippen LogP contribution in [0.3, 0.4) is 0 Å². The van der Waals surface area contributed by atoms with Gasteiger partial charge in [0.25, 0.3) is 5.56 Å². The number of amides is 1. The average Bonchev–Trinajstić information content (AvgIpc) is 2.70. The van der Waals surface area contributed by atoms with Gasteiger partial charge in [-0.2, -0.15) is 0 Å². The number of nitrogens with zero attached hydrogens (tertiary/aromatic N) is 2. The highest BCUT2D eigenvalue weighted by Gasteiger charge is 2.09. The van der Waals surface area contributed by atoms with Gasteiger partial charge in [-0.05, 0) is 25.5 Å². The van der Waals surface area contributed by atoms with Crippen molar-refractivity contribution in [2.45, 2.75) is 83.6 Å². The van der Waals surface area contributed by atoms with Crippen LogP contribution in [0.1, 0.15) is 77.0 Å². The van der Waals surface area contributed by atoms with Crippen molar-refractivity contribution in [2.75, 3.05) is 18.0 Å². The first-order valence-electron chi connectivity index (χ1n) is 10.9. The van der Waals surface area contributed by atoms with Gasteiger partial charge < -0.3 is 20.3 Å². The van der Waals surface area contributed by atoms with E-state index in [-0.39, 0.29) is 0 Å². The molecule has 0 atom stereocenters. The molecule has 1 rings (SSSR count). The van der Waals surface area contributed by atoms with E-state index < -0.39 is 18.1 Å². The fourth-order valence-electron chi connectivity index (χ4n) is 3.39. The van der Waals surface area contributed by atoms with E-state index in [1.54, 1.807) is 6.07 Å². The highest BCUT2D eigenvalue weighted by molar-refractivity contribution is 5.74. The van der Waals surface area contributed by atoms with Gasteiger partial charge in [-0.1, -0.05) is 64.2 Å². The first kappa shape index (κ1) is 24.9. The van der Waals surface area contributed by atoms with Crippen LogP contribution >= 0.6 is 0 Å². The summed E-state index contributed by atoms with van der Waals surface area (Å²) in [5.41, 5.74) is 5.65. The van der Waals surface area contributed by atoms with Crippen LogP contribution in [0.4, 0.5) is 5.69 Å². The van der Waals surface area contributed by atoms with E-state index in [1.165, 1.54) is 68.5 Å². The van der Waals surface area contributed by atoms with Gasteiger partial charge in [0.1, 0.15) is 6.54 Å². The number of pyridine rings is 1. The van der Waals surface area contributed by atoms with Crippen molar-refractivity contribution in [3.05, 3.63) is 28.7 Å². The van der Waals surface area contributed by atoms with Crippen LogP contribution in [0.2, 0.25) is 0 Å². The SMILES string of the molecule is NCCCCCCCCCCCCCCN(C=O)c1ccc(=O)n(CC(=O)O)c1. The van der Waals surface area contributed by atoms with E-state index in [0.29, 0.717) is 12.2 Å². The van der Waals surface area contributed by atoms with Crippen LogP contribution in [0.25, 0.3) is 0 Å². The number of nitrogens with two attached hydrogens (primary N) is 1. The zero-order valence-corrected chi connectivity index (χ0v) is 17.6. The molecule has 0 aliphatic rings. The van der Waals surface area contributed by atoms with Gasteiger partial charge in [0.2, 0.25) is 6.41 Å². The van der Waals surface area contributed by atoms with E-state index in [0.717, 1.165) is 43.2 Å². The average molecular weight is 408 g/mol. The molecule has 0 bridgehead atoms. The Bertz CT molecular complexity index is 645. The van der Waals surface area contributed by atoms with Gasteiger partial charge >= 0.3 is 5.97 Å². The molecule has 0 aliphatic carbocycles. The van der Waals surface area contributed by atoms with Gasteiger partial charge in [-0.15, -0.1) is 0 Å². The fourth-order valence-corrected chi connectivity index (χ4v) is 3.39. The number of carboxylic acids is 1. The molecule has 1 aromatic heterocycles. The van der Waals surface area contributed by atoms with Crippen molar-refractivity contribution in [2.24, 2.45) is 5.73 Å². The van der Waals surface area contributed by atoms with Crippen LogP contribution in [-0.4, -0.2) is 35.1 Å². The third-order valence-electron chi connectivity index (χ3n) is 5.09. The number of hydrogen-bond acceptors (Lipinski definition) is 4. The monoisotopic (exact) mass is 407 g/mol. The highest BCUT2D eigenvalue weighted by Crippen LogP contribution is 2.14. The molecule has 29 heavy (non-hydrogen) atoms. The first-order valence-corrected chi connectivity index (χ1v) is 10.9. The number of carboxylic acid groups (broad SMARTS) is 1. The normalized spacial score (nSPS) is 10.8. The van der Waals surface area contributed by atoms with Crippen LogP contribution in [0, 0.1) is 0 Å². The van der Waals surface area contributed by atoms with Crippen LogP contribution in [0.15, 0.2) is 23.1 Å². The minimum Gasteiger partial charge on any atom is -0.480 e. The summed E-state index contributed by atoms with van der Waals surface area (Å²) in [6, 6.07) is 2.86. The number of carbonyl (C=O) groups excluding carboxylic acids is 1. The molecule has 7 heteroatoms. The molecule has 0 spiro atoms. The summed E-state index contributed by atoms with van der Waals surface area (Å²) in [7, 11) is 0. The number of aliphatic carboxylic acids is 1. The Morgan fingerprint density at radius 3 is 1.93 bits per heavy atom. The van der Waals surface area contributed by atoms with Crippen molar-refractivity contribution < 1.29 is 14.7 Å². The topological polar surface area (TPSA) is 106 Å².